The minimum absolute atomic E-state index is 1.09. The van der Waals surface area contributed by atoms with Crippen LogP contribution in [0.5, 0.6) is 0 Å². The van der Waals surface area contributed by atoms with Gasteiger partial charge in [-0.15, -0.1) is 0 Å². The van der Waals surface area contributed by atoms with Gasteiger partial charge in [-0.2, -0.15) is 0 Å². The van der Waals surface area contributed by atoms with Crippen LogP contribution in [0.3, 0.4) is 0 Å². The third kappa shape index (κ3) is 2.10. The highest BCUT2D eigenvalue weighted by Gasteiger charge is 1.92. The molecule has 0 spiro atoms. The molecule has 0 aliphatic carbocycles. The highest BCUT2D eigenvalue weighted by molar-refractivity contribution is 9.12. The minimum atomic E-state index is 1.09. The molecule has 56 valence electrons. The van der Waals surface area contributed by atoms with E-state index in [1.807, 2.05) is 6.07 Å². The number of halogens is 1. The maximum atomic E-state index is 3.08. The lowest BCUT2D eigenvalue weighted by atomic mass is 10.1. The summed E-state index contributed by atoms with van der Waals surface area (Å²) in [6, 6.07) is 6.24. The van der Waals surface area contributed by atoms with Gasteiger partial charge in [0.05, 0.1) is 0 Å². The van der Waals surface area contributed by atoms with Gasteiger partial charge in [-0.1, -0.05) is 23.6 Å². The van der Waals surface area contributed by atoms with Crippen molar-refractivity contribution in [2.75, 3.05) is 0 Å². The first-order chi connectivity index (χ1) is 5.24. The van der Waals surface area contributed by atoms with Gasteiger partial charge >= 0.3 is 0 Å². The average Bonchev–Trinajstić information content (AvgIpc) is 1.95. The lowest BCUT2D eigenvalue weighted by Crippen LogP contribution is -1.82. The van der Waals surface area contributed by atoms with Crippen molar-refractivity contribution in [1.29, 1.82) is 0 Å². The number of rotatable bonds is 0. The third-order valence-electron chi connectivity index (χ3n) is 1.56. The summed E-state index contributed by atoms with van der Waals surface area (Å²) in [5, 5.41) is 0. The molecule has 1 heteroatoms. The van der Waals surface area contributed by atoms with E-state index in [0.29, 0.717) is 0 Å². The smallest absolute Gasteiger partial charge is 0.0283 e. The molecule has 0 fully saturated rings. The van der Waals surface area contributed by atoms with E-state index in [1.54, 1.807) is 0 Å². The van der Waals surface area contributed by atoms with Gasteiger partial charge < -0.3 is 0 Å². The number of benzene rings is 1. The SMILES string of the molecule is Cc1ccc(C#CBr)c(C)c1. The van der Waals surface area contributed by atoms with Gasteiger partial charge in [0.2, 0.25) is 0 Å². The first-order valence-corrected chi connectivity index (χ1v) is 4.22. The van der Waals surface area contributed by atoms with Crippen molar-refractivity contribution in [3.63, 3.8) is 0 Å². The fourth-order valence-electron chi connectivity index (χ4n) is 1.00. The van der Waals surface area contributed by atoms with E-state index in [2.05, 4.69) is 52.7 Å². The van der Waals surface area contributed by atoms with Crippen molar-refractivity contribution < 1.29 is 0 Å². The second-order valence-corrected chi connectivity index (χ2v) is 2.93. The first kappa shape index (κ1) is 8.36. The van der Waals surface area contributed by atoms with E-state index in [9.17, 15) is 0 Å². The molecule has 0 saturated heterocycles. The Kier molecular flexibility index (Phi) is 2.73. The Labute approximate surface area is 75.8 Å². The lowest BCUT2D eigenvalue weighted by Gasteiger charge is -1.97. The van der Waals surface area contributed by atoms with Gasteiger partial charge in [0.25, 0.3) is 0 Å². The van der Waals surface area contributed by atoms with Gasteiger partial charge in [0.1, 0.15) is 0 Å². The summed E-state index contributed by atoms with van der Waals surface area (Å²) in [7, 11) is 0. The van der Waals surface area contributed by atoms with E-state index < -0.39 is 0 Å². The van der Waals surface area contributed by atoms with Crippen LogP contribution in [0.1, 0.15) is 16.7 Å². The molecule has 0 saturated carbocycles. The van der Waals surface area contributed by atoms with Crippen molar-refractivity contribution >= 4 is 15.9 Å². The van der Waals surface area contributed by atoms with Gasteiger partial charge in [-0.3, -0.25) is 0 Å². The highest BCUT2D eigenvalue weighted by atomic mass is 79.9. The Morgan fingerprint density at radius 3 is 2.55 bits per heavy atom. The first-order valence-electron chi connectivity index (χ1n) is 3.43. The van der Waals surface area contributed by atoms with Crippen LogP contribution in [-0.2, 0) is 0 Å². The zero-order chi connectivity index (χ0) is 8.27. The minimum Gasteiger partial charge on any atom is -0.0581 e. The molecule has 0 atom stereocenters. The molecular formula is C10H9Br. The largest absolute Gasteiger partial charge is 0.0581 e. The van der Waals surface area contributed by atoms with Crippen molar-refractivity contribution in [1.82, 2.24) is 0 Å². The second-order valence-electron chi connectivity index (χ2n) is 2.54. The lowest BCUT2D eigenvalue weighted by molar-refractivity contribution is 1.36. The molecule has 0 aliphatic heterocycles. The number of hydrogen-bond acceptors (Lipinski definition) is 0. The molecule has 0 heterocycles. The Morgan fingerprint density at radius 2 is 2.00 bits per heavy atom. The fourth-order valence-corrected chi connectivity index (χ4v) is 1.22. The average molecular weight is 209 g/mol. The molecule has 1 aromatic rings. The van der Waals surface area contributed by atoms with Crippen molar-refractivity contribution in [2.45, 2.75) is 13.8 Å². The van der Waals surface area contributed by atoms with Crippen LogP contribution >= 0.6 is 15.9 Å². The van der Waals surface area contributed by atoms with Crippen LogP contribution in [0, 0.1) is 24.6 Å². The monoisotopic (exact) mass is 208 g/mol. The summed E-state index contributed by atoms with van der Waals surface area (Å²) in [5.41, 5.74) is 3.60. The van der Waals surface area contributed by atoms with Crippen molar-refractivity contribution in [3.05, 3.63) is 34.9 Å². The Morgan fingerprint density at radius 1 is 1.27 bits per heavy atom. The van der Waals surface area contributed by atoms with Crippen molar-refractivity contribution in [2.24, 2.45) is 0 Å². The molecule has 1 aromatic carbocycles. The molecule has 0 radical (unpaired) electrons. The van der Waals surface area contributed by atoms with Crippen LogP contribution in [0.25, 0.3) is 0 Å². The summed E-state index contributed by atoms with van der Waals surface area (Å²) >= 11 is 3.08. The topological polar surface area (TPSA) is 0 Å². The van der Waals surface area contributed by atoms with E-state index >= 15 is 0 Å². The zero-order valence-corrected chi connectivity index (χ0v) is 8.20. The van der Waals surface area contributed by atoms with Gasteiger partial charge in [-0.25, -0.2) is 0 Å². The zero-order valence-electron chi connectivity index (χ0n) is 6.61. The van der Waals surface area contributed by atoms with E-state index in [1.165, 1.54) is 11.1 Å². The Hall–Kier alpha value is -0.740. The molecule has 0 nitrogen and oxygen atoms in total. The molecule has 0 amide bonds. The Balaban J connectivity index is 3.16. The van der Waals surface area contributed by atoms with Crippen LogP contribution in [0.2, 0.25) is 0 Å². The second kappa shape index (κ2) is 3.59. The number of aryl methyl sites for hydroxylation is 2. The fraction of sp³-hybridized carbons (Fsp3) is 0.200. The van der Waals surface area contributed by atoms with Crippen LogP contribution in [-0.4, -0.2) is 0 Å². The van der Waals surface area contributed by atoms with Crippen LogP contribution < -0.4 is 0 Å². The standard InChI is InChI=1S/C10H9Br/c1-8-3-4-10(5-6-11)9(2)7-8/h3-4,7H,1-2H3. The molecule has 0 unspecified atom stereocenters. The summed E-state index contributed by atoms with van der Waals surface area (Å²) in [6.07, 6.45) is 0. The Bertz CT molecular complexity index is 315. The summed E-state index contributed by atoms with van der Waals surface area (Å²) < 4.78 is 0. The van der Waals surface area contributed by atoms with Gasteiger partial charge in [-0.05, 0) is 30.3 Å². The predicted molar refractivity (Wildman–Crippen MR) is 51.7 cm³/mol. The maximum absolute atomic E-state index is 3.08. The van der Waals surface area contributed by atoms with E-state index in [4.69, 9.17) is 0 Å². The molecule has 0 aliphatic rings. The van der Waals surface area contributed by atoms with E-state index in [-0.39, 0.29) is 0 Å². The maximum Gasteiger partial charge on any atom is 0.0283 e. The third-order valence-corrected chi connectivity index (χ3v) is 1.76. The predicted octanol–water partition coefficient (Wildman–Crippen LogP) is 3.01. The molecule has 11 heavy (non-hydrogen) atoms. The highest BCUT2D eigenvalue weighted by Crippen LogP contribution is 2.08. The number of hydrogen-bond donors (Lipinski definition) is 0. The summed E-state index contributed by atoms with van der Waals surface area (Å²) in [6.45, 7) is 4.15. The van der Waals surface area contributed by atoms with Gasteiger partial charge in [0, 0.05) is 21.5 Å². The van der Waals surface area contributed by atoms with E-state index in [0.717, 1.165) is 5.56 Å². The van der Waals surface area contributed by atoms with Crippen LogP contribution in [0.15, 0.2) is 18.2 Å². The quantitative estimate of drug-likeness (QED) is 0.576. The molecule has 0 N–H and O–H groups in total. The van der Waals surface area contributed by atoms with Crippen LogP contribution in [0.4, 0.5) is 0 Å². The summed E-state index contributed by atoms with van der Waals surface area (Å²) in [5.74, 6) is 2.97. The molecule has 0 aromatic heterocycles. The molecule has 0 bridgehead atoms. The summed E-state index contributed by atoms with van der Waals surface area (Å²) in [4.78, 5) is 2.71. The molecule has 1 rings (SSSR count). The van der Waals surface area contributed by atoms with Gasteiger partial charge in [0.15, 0.2) is 0 Å². The van der Waals surface area contributed by atoms with Crippen molar-refractivity contribution in [3.8, 4) is 10.8 Å². The molecular weight excluding hydrogens is 200 g/mol. The normalized spacial score (nSPS) is 8.64.